The smallest absolute Gasteiger partial charge is 0.337 e. The number of amides is 1. The molecule has 0 fully saturated rings. The van der Waals surface area contributed by atoms with Gasteiger partial charge in [-0.05, 0) is 29.8 Å². The number of fused-ring (bicyclic) bond motifs is 2. The summed E-state index contributed by atoms with van der Waals surface area (Å²) in [5, 5.41) is 32.4. The van der Waals surface area contributed by atoms with Crippen molar-refractivity contribution in [3.8, 4) is 0 Å². The molecule has 0 saturated heterocycles. The van der Waals surface area contributed by atoms with Gasteiger partial charge in [0, 0.05) is 28.4 Å². The summed E-state index contributed by atoms with van der Waals surface area (Å²) in [6.07, 6.45) is -1.76. The first-order valence-corrected chi connectivity index (χ1v) is 9.23. The third kappa shape index (κ3) is 3.59. The van der Waals surface area contributed by atoms with E-state index in [0.29, 0.717) is 27.4 Å². The standard InChI is InChI=1S/C23H18N2O5/c26-21(14-5-1-2-6-15(14)22(27)28)24-12-13-9-10-19-17(11-13)20(23(29)30)16-7-3-4-8-18(16)25-19/h1-11,22,27-28H,12H2,(H,24,26)(H,29,30). The number of carbonyl (C=O) groups excluding carboxylic acids is 1. The van der Waals surface area contributed by atoms with Crippen LogP contribution in [0.15, 0.2) is 66.7 Å². The Bertz CT molecular complexity index is 1280. The van der Waals surface area contributed by atoms with E-state index in [2.05, 4.69) is 10.3 Å². The van der Waals surface area contributed by atoms with Gasteiger partial charge in [-0.1, -0.05) is 42.5 Å². The Morgan fingerprint density at radius 3 is 2.37 bits per heavy atom. The molecule has 0 atom stereocenters. The fourth-order valence-electron chi connectivity index (χ4n) is 3.49. The quantitative estimate of drug-likeness (QED) is 0.301. The Morgan fingerprint density at radius 2 is 1.60 bits per heavy atom. The van der Waals surface area contributed by atoms with Crippen LogP contribution in [0.5, 0.6) is 0 Å². The molecule has 1 amide bonds. The molecule has 7 heteroatoms. The lowest BCUT2D eigenvalue weighted by Crippen LogP contribution is -2.24. The highest BCUT2D eigenvalue weighted by Gasteiger charge is 2.17. The summed E-state index contributed by atoms with van der Waals surface area (Å²) in [5.41, 5.74) is 2.28. The van der Waals surface area contributed by atoms with E-state index in [1.165, 1.54) is 12.1 Å². The number of carbonyl (C=O) groups is 2. The van der Waals surface area contributed by atoms with E-state index < -0.39 is 18.2 Å². The Balaban J connectivity index is 1.68. The van der Waals surface area contributed by atoms with Crippen LogP contribution in [0.2, 0.25) is 0 Å². The van der Waals surface area contributed by atoms with Gasteiger partial charge in [-0.2, -0.15) is 0 Å². The van der Waals surface area contributed by atoms with Crippen LogP contribution in [-0.2, 0) is 6.54 Å². The Morgan fingerprint density at radius 1 is 0.900 bits per heavy atom. The number of pyridine rings is 1. The lowest BCUT2D eigenvalue weighted by Gasteiger charge is -2.12. The molecule has 0 aliphatic heterocycles. The largest absolute Gasteiger partial charge is 0.478 e. The molecule has 4 aromatic rings. The second-order valence-corrected chi connectivity index (χ2v) is 6.80. The predicted octanol–water partition coefficient (Wildman–Crippen LogP) is 3.00. The van der Waals surface area contributed by atoms with Gasteiger partial charge in [0.15, 0.2) is 6.29 Å². The lowest BCUT2D eigenvalue weighted by molar-refractivity contribution is -0.0429. The minimum absolute atomic E-state index is 0.109. The molecule has 0 radical (unpaired) electrons. The summed E-state index contributed by atoms with van der Waals surface area (Å²) in [6, 6.07) is 18.5. The van der Waals surface area contributed by atoms with Crippen LogP contribution in [0.25, 0.3) is 21.8 Å². The van der Waals surface area contributed by atoms with Crippen LogP contribution in [0.4, 0.5) is 0 Å². The van der Waals surface area contributed by atoms with Crippen LogP contribution in [-0.4, -0.2) is 32.2 Å². The highest BCUT2D eigenvalue weighted by Crippen LogP contribution is 2.27. The molecule has 0 saturated carbocycles. The summed E-state index contributed by atoms with van der Waals surface area (Å²) in [7, 11) is 0. The van der Waals surface area contributed by atoms with Crippen molar-refractivity contribution < 1.29 is 24.9 Å². The van der Waals surface area contributed by atoms with E-state index in [0.717, 1.165) is 0 Å². The number of nitrogens with zero attached hydrogens (tertiary/aromatic N) is 1. The molecular formula is C23H18N2O5. The monoisotopic (exact) mass is 402 g/mol. The number of aliphatic hydroxyl groups excluding tert-OH is 1. The van der Waals surface area contributed by atoms with Gasteiger partial charge >= 0.3 is 5.97 Å². The third-order valence-corrected chi connectivity index (χ3v) is 4.90. The number of rotatable bonds is 5. The van der Waals surface area contributed by atoms with Crippen LogP contribution < -0.4 is 5.32 Å². The number of aromatic carboxylic acids is 1. The summed E-state index contributed by atoms with van der Waals surface area (Å²) in [5.74, 6) is -1.51. The van der Waals surface area contributed by atoms with E-state index in [4.69, 9.17) is 0 Å². The zero-order valence-electron chi connectivity index (χ0n) is 15.7. The molecule has 1 aromatic heterocycles. The Hall–Kier alpha value is -3.81. The first kappa shape index (κ1) is 19.5. The van der Waals surface area contributed by atoms with Gasteiger partial charge in [0.2, 0.25) is 0 Å². The molecular weight excluding hydrogens is 384 g/mol. The van der Waals surface area contributed by atoms with Gasteiger partial charge in [-0.3, -0.25) is 4.79 Å². The molecule has 0 spiro atoms. The van der Waals surface area contributed by atoms with Crippen LogP contribution in [0.1, 0.15) is 38.1 Å². The molecule has 4 N–H and O–H groups in total. The van der Waals surface area contributed by atoms with Crippen molar-refractivity contribution in [3.63, 3.8) is 0 Å². The van der Waals surface area contributed by atoms with E-state index in [1.54, 1.807) is 54.6 Å². The maximum absolute atomic E-state index is 12.5. The van der Waals surface area contributed by atoms with Crippen molar-refractivity contribution in [2.75, 3.05) is 0 Å². The number of benzene rings is 3. The lowest BCUT2D eigenvalue weighted by atomic mass is 10.0. The van der Waals surface area contributed by atoms with E-state index in [-0.39, 0.29) is 23.2 Å². The Kier molecular flexibility index (Phi) is 5.14. The number of aliphatic hydroxyl groups is 2. The average molecular weight is 402 g/mol. The van der Waals surface area contributed by atoms with Gasteiger partial charge < -0.3 is 20.6 Å². The van der Waals surface area contributed by atoms with Crippen LogP contribution in [0.3, 0.4) is 0 Å². The van der Waals surface area contributed by atoms with Crippen molar-refractivity contribution in [3.05, 3.63) is 89.0 Å². The number of para-hydroxylation sites is 1. The van der Waals surface area contributed by atoms with Crippen molar-refractivity contribution in [2.24, 2.45) is 0 Å². The zero-order chi connectivity index (χ0) is 21.3. The van der Waals surface area contributed by atoms with Gasteiger partial charge in [0.25, 0.3) is 5.91 Å². The van der Waals surface area contributed by atoms with E-state index >= 15 is 0 Å². The molecule has 0 unspecified atom stereocenters. The number of aromatic nitrogens is 1. The van der Waals surface area contributed by atoms with E-state index in [1.807, 2.05) is 0 Å². The first-order valence-electron chi connectivity index (χ1n) is 9.23. The molecule has 3 aromatic carbocycles. The third-order valence-electron chi connectivity index (χ3n) is 4.90. The highest BCUT2D eigenvalue weighted by molar-refractivity contribution is 6.13. The molecule has 30 heavy (non-hydrogen) atoms. The minimum atomic E-state index is -1.76. The normalized spacial score (nSPS) is 11.2. The maximum atomic E-state index is 12.5. The first-order chi connectivity index (χ1) is 14.5. The second-order valence-electron chi connectivity index (χ2n) is 6.80. The molecule has 0 aliphatic rings. The average Bonchev–Trinajstić information content (AvgIpc) is 2.75. The fourth-order valence-corrected chi connectivity index (χ4v) is 3.49. The molecule has 0 bridgehead atoms. The summed E-state index contributed by atoms with van der Waals surface area (Å²) in [6.45, 7) is 0.135. The number of nitrogens with one attached hydrogen (secondary N) is 1. The number of carboxylic acid groups (broad SMARTS) is 1. The second kappa shape index (κ2) is 7.90. The van der Waals surface area contributed by atoms with Gasteiger partial charge in [0.1, 0.15) is 0 Å². The Labute approximate surface area is 171 Å². The van der Waals surface area contributed by atoms with Gasteiger partial charge in [0.05, 0.1) is 16.6 Å². The van der Waals surface area contributed by atoms with Crippen LogP contribution >= 0.6 is 0 Å². The number of carboxylic acids is 1. The van der Waals surface area contributed by atoms with Crippen LogP contribution in [0, 0.1) is 0 Å². The van der Waals surface area contributed by atoms with Crippen molar-refractivity contribution in [1.82, 2.24) is 10.3 Å². The number of hydrogen-bond donors (Lipinski definition) is 4. The molecule has 150 valence electrons. The summed E-state index contributed by atoms with van der Waals surface area (Å²) >= 11 is 0. The molecule has 0 aliphatic carbocycles. The van der Waals surface area contributed by atoms with Crippen molar-refractivity contribution in [1.29, 1.82) is 0 Å². The maximum Gasteiger partial charge on any atom is 0.337 e. The SMILES string of the molecule is O=C(NCc1ccc2nc3ccccc3c(C(=O)O)c2c1)c1ccccc1C(O)O. The molecule has 4 rings (SSSR count). The zero-order valence-corrected chi connectivity index (χ0v) is 15.7. The summed E-state index contributed by atoms with van der Waals surface area (Å²) in [4.78, 5) is 29.0. The highest BCUT2D eigenvalue weighted by atomic mass is 16.5. The topological polar surface area (TPSA) is 120 Å². The molecule has 1 heterocycles. The van der Waals surface area contributed by atoms with E-state index in [9.17, 15) is 24.9 Å². The van der Waals surface area contributed by atoms with Gasteiger partial charge in [-0.15, -0.1) is 0 Å². The number of hydrogen-bond acceptors (Lipinski definition) is 5. The van der Waals surface area contributed by atoms with Gasteiger partial charge in [-0.25, -0.2) is 9.78 Å². The minimum Gasteiger partial charge on any atom is -0.478 e. The summed E-state index contributed by atoms with van der Waals surface area (Å²) < 4.78 is 0. The predicted molar refractivity (Wildman–Crippen MR) is 111 cm³/mol. The molecule has 7 nitrogen and oxygen atoms in total. The fraction of sp³-hybridized carbons (Fsp3) is 0.0870. The van der Waals surface area contributed by atoms with Crippen molar-refractivity contribution in [2.45, 2.75) is 12.8 Å². The van der Waals surface area contributed by atoms with Crippen molar-refractivity contribution >= 4 is 33.7 Å².